The van der Waals surface area contributed by atoms with Crippen molar-refractivity contribution in [2.75, 3.05) is 6.61 Å². The smallest absolute Gasteiger partial charge is 0.271 e. The molecule has 0 radical (unpaired) electrons. The standard InChI is InChI=1S/C26H27BrN2O3/c1-2-3-6-17-31-25-8-5-4-7-22(25)18-28-29-26(30)21-11-15-24(16-12-21)32-19-20-9-13-23(27)14-10-20/h4-5,7-16,18H,2-3,6,17,19H2,1H3,(H,29,30)/b28-18+. The van der Waals surface area contributed by atoms with E-state index in [-0.39, 0.29) is 5.91 Å². The molecular weight excluding hydrogens is 468 g/mol. The summed E-state index contributed by atoms with van der Waals surface area (Å²) in [4.78, 5) is 12.4. The molecule has 1 N–H and O–H groups in total. The second-order valence-corrected chi connectivity index (χ2v) is 8.15. The van der Waals surface area contributed by atoms with E-state index in [1.54, 1.807) is 30.5 Å². The summed E-state index contributed by atoms with van der Waals surface area (Å²) in [5.41, 5.74) is 4.95. The molecule has 166 valence electrons. The Hall–Kier alpha value is -3.12. The molecule has 1 amide bonds. The van der Waals surface area contributed by atoms with Gasteiger partial charge in [-0.2, -0.15) is 5.10 Å². The molecule has 0 aliphatic rings. The van der Waals surface area contributed by atoms with Gasteiger partial charge in [0.1, 0.15) is 18.1 Å². The van der Waals surface area contributed by atoms with Crippen LogP contribution in [0, 0.1) is 0 Å². The third-order valence-electron chi connectivity index (χ3n) is 4.73. The van der Waals surface area contributed by atoms with E-state index in [4.69, 9.17) is 9.47 Å². The van der Waals surface area contributed by atoms with Gasteiger partial charge in [-0.1, -0.05) is 60.0 Å². The molecule has 0 aromatic heterocycles. The Kier molecular flexibility index (Phi) is 9.32. The summed E-state index contributed by atoms with van der Waals surface area (Å²) in [7, 11) is 0. The number of amides is 1. The first-order valence-corrected chi connectivity index (χ1v) is 11.5. The SMILES string of the molecule is CCCCCOc1ccccc1/C=N/NC(=O)c1ccc(OCc2ccc(Br)cc2)cc1. The number of nitrogens with zero attached hydrogens (tertiary/aromatic N) is 1. The van der Waals surface area contributed by atoms with Crippen molar-refractivity contribution in [3.05, 3.63) is 94.0 Å². The summed E-state index contributed by atoms with van der Waals surface area (Å²) < 4.78 is 12.6. The fraction of sp³-hybridized carbons (Fsp3) is 0.231. The summed E-state index contributed by atoms with van der Waals surface area (Å²) in [5.74, 6) is 1.16. The van der Waals surface area contributed by atoms with Crippen molar-refractivity contribution in [3.8, 4) is 11.5 Å². The van der Waals surface area contributed by atoms with Crippen molar-refractivity contribution in [2.24, 2.45) is 5.10 Å². The number of unbranched alkanes of at least 4 members (excludes halogenated alkanes) is 2. The minimum Gasteiger partial charge on any atom is -0.493 e. The Labute approximate surface area is 197 Å². The molecule has 5 nitrogen and oxygen atoms in total. The third-order valence-corrected chi connectivity index (χ3v) is 5.26. The molecule has 0 saturated carbocycles. The van der Waals surface area contributed by atoms with Gasteiger partial charge < -0.3 is 9.47 Å². The first-order chi connectivity index (χ1) is 15.7. The van der Waals surface area contributed by atoms with Gasteiger partial charge >= 0.3 is 0 Å². The molecule has 0 heterocycles. The minimum absolute atomic E-state index is 0.290. The quantitative estimate of drug-likeness (QED) is 0.191. The van der Waals surface area contributed by atoms with Crippen molar-refractivity contribution in [1.82, 2.24) is 5.43 Å². The predicted molar refractivity (Wildman–Crippen MR) is 131 cm³/mol. The van der Waals surface area contributed by atoms with Crippen molar-refractivity contribution in [1.29, 1.82) is 0 Å². The highest BCUT2D eigenvalue weighted by Crippen LogP contribution is 2.17. The van der Waals surface area contributed by atoms with Crippen molar-refractivity contribution >= 4 is 28.1 Å². The van der Waals surface area contributed by atoms with Crippen LogP contribution < -0.4 is 14.9 Å². The number of carbonyl (C=O) groups excluding carboxylic acids is 1. The highest BCUT2D eigenvalue weighted by molar-refractivity contribution is 9.10. The number of hydrazone groups is 1. The molecule has 0 spiro atoms. The van der Waals surface area contributed by atoms with E-state index in [1.165, 1.54) is 0 Å². The monoisotopic (exact) mass is 494 g/mol. The second-order valence-electron chi connectivity index (χ2n) is 7.23. The third kappa shape index (κ3) is 7.54. The zero-order chi connectivity index (χ0) is 22.6. The second kappa shape index (κ2) is 12.7. The Morgan fingerprint density at radius 1 is 0.969 bits per heavy atom. The van der Waals surface area contributed by atoms with Gasteiger partial charge in [0, 0.05) is 15.6 Å². The molecule has 0 aliphatic heterocycles. The van der Waals surface area contributed by atoms with Gasteiger partial charge in [0.25, 0.3) is 5.91 Å². The largest absolute Gasteiger partial charge is 0.493 e. The number of hydrogen-bond acceptors (Lipinski definition) is 4. The number of ether oxygens (including phenoxy) is 2. The first kappa shape index (κ1) is 23.5. The van der Waals surface area contributed by atoms with Crippen LogP contribution in [0.1, 0.15) is 47.7 Å². The maximum atomic E-state index is 12.4. The molecule has 0 aliphatic carbocycles. The molecule has 32 heavy (non-hydrogen) atoms. The summed E-state index contributed by atoms with van der Waals surface area (Å²) in [6, 6.07) is 22.6. The summed E-state index contributed by atoms with van der Waals surface area (Å²) >= 11 is 3.42. The lowest BCUT2D eigenvalue weighted by Crippen LogP contribution is -2.17. The number of hydrogen-bond donors (Lipinski definition) is 1. The molecule has 3 rings (SSSR count). The molecule has 0 fully saturated rings. The molecule has 0 saturated heterocycles. The zero-order valence-corrected chi connectivity index (χ0v) is 19.7. The number of nitrogens with one attached hydrogen (secondary N) is 1. The fourth-order valence-electron chi connectivity index (χ4n) is 2.93. The van der Waals surface area contributed by atoms with Gasteiger partial charge in [0.15, 0.2) is 0 Å². The summed E-state index contributed by atoms with van der Waals surface area (Å²) in [5, 5.41) is 4.09. The van der Waals surface area contributed by atoms with Crippen LogP contribution in [0.2, 0.25) is 0 Å². The Bertz CT molecular complexity index is 1020. The number of halogens is 1. The normalized spacial score (nSPS) is 10.8. The fourth-order valence-corrected chi connectivity index (χ4v) is 3.19. The van der Waals surface area contributed by atoms with Crippen LogP contribution in [0.15, 0.2) is 82.4 Å². The van der Waals surface area contributed by atoms with Gasteiger partial charge in [-0.15, -0.1) is 0 Å². The number of para-hydroxylation sites is 1. The van der Waals surface area contributed by atoms with Crippen LogP contribution in [0.5, 0.6) is 11.5 Å². The van der Waals surface area contributed by atoms with E-state index in [9.17, 15) is 4.79 Å². The number of benzene rings is 3. The lowest BCUT2D eigenvalue weighted by Gasteiger charge is -2.08. The Morgan fingerprint density at radius 3 is 2.47 bits per heavy atom. The highest BCUT2D eigenvalue weighted by atomic mass is 79.9. The van der Waals surface area contributed by atoms with Crippen LogP contribution in [-0.2, 0) is 6.61 Å². The molecule has 3 aromatic rings. The van der Waals surface area contributed by atoms with Crippen molar-refractivity contribution in [3.63, 3.8) is 0 Å². The van der Waals surface area contributed by atoms with Crippen LogP contribution >= 0.6 is 15.9 Å². The maximum absolute atomic E-state index is 12.4. The van der Waals surface area contributed by atoms with Crippen LogP contribution in [0.25, 0.3) is 0 Å². The Balaban J connectivity index is 1.50. The van der Waals surface area contributed by atoms with Crippen LogP contribution in [-0.4, -0.2) is 18.7 Å². The summed E-state index contributed by atoms with van der Waals surface area (Å²) in [6.45, 7) is 3.29. The predicted octanol–water partition coefficient (Wildman–Crippen LogP) is 6.36. The van der Waals surface area contributed by atoms with Crippen molar-refractivity contribution in [2.45, 2.75) is 32.8 Å². The average molecular weight is 495 g/mol. The lowest BCUT2D eigenvalue weighted by molar-refractivity contribution is 0.0955. The maximum Gasteiger partial charge on any atom is 0.271 e. The van der Waals surface area contributed by atoms with Crippen LogP contribution in [0.3, 0.4) is 0 Å². The van der Waals surface area contributed by atoms with E-state index < -0.39 is 0 Å². The van der Waals surface area contributed by atoms with Gasteiger partial charge in [0.2, 0.25) is 0 Å². The molecule has 6 heteroatoms. The van der Waals surface area contributed by atoms with Crippen LogP contribution in [0.4, 0.5) is 0 Å². The topological polar surface area (TPSA) is 59.9 Å². The first-order valence-electron chi connectivity index (χ1n) is 10.7. The van der Waals surface area contributed by atoms with Gasteiger partial charge in [-0.3, -0.25) is 4.79 Å². The molecule has 0 atom stereocenters. The minimum atomic E-state index is -0.290. The van der Waals surface area contributed by atoms with Gasteiger partial charge in [-0.25, -0.2) is 5.43 Å². The molecule has 0 bridgehead atoms. The molecular formula is C26H27BrN2O3. The zero-order valence-electron chi connectivity index (χ0n) is 18.1. The van der Waals surface area contributed by atoms with Crippen molar-refractivity contribution < 1.29 is 14.3 Å². The van der Waals surface area contributed by atoms with E-state index in [1.807, 2.05) is 48.5 Å². The van der Waals surface area contributed by atoms with E-state index in [0.717, 1.165) is 40.6 Å². The number of rotatable bonds is 11. The highest BCUT2D eigenvalue weighted by Gasteiger charge is 2.06. The Morgan fingerprint density at radius 2 is 1.72 bits per heavy atom. The number of carbonyl (C=O) groups is 1. The van der Waals surface area contributed by atoms with E-state index >= 15 is 0 Å². The molecule has 0 unspecified atom stereocenters. The molecule has 3 aromatic carbocycles. The summed E-state index contributed by atoms with van der Waals surface area (Å²) in [6.07, 6.45) is 4.90. The van der Waals surface area contributed by atoms with Gasteiger partial charge in [0.05, 0.1) is 12.8 Å². The lowest BCUT2D eigenvalue weighted by atomic mass is 10.2. The van der Waals surface area contributed by atoms with E-state index in [0.29, 0.717) is 24.5 Å². The van der Waals surface area contributed by atoms with E-state index in [2.05, 4.69) is 33.4 Å². The van der Waals surface area contributed by atoms with Gasteiger partial charge in [-0.05, 0) is 60.5 Å². The average Bonchev–Trinajstić information content (AvgIpc) is 2.82.